The lowest BCUT2D eigenvalue weighted by atomic mass is 9.99. The predicted molar refractivity (Wildman–Crippen MR) is 91.7 cm³/mol. The second kappa shape index (κ2) is 6.66. The number of aryl methyl sites for hydroxylation is 1. The number of nitriles is 1. The summed E-state index contributed by atoms with van der Waals surface area (Å²) < 4.78 is 0. The summed E-state index contributed by atoms with van der Waals surface area (Å²) in [7, 11) is 0. The molecule has 1 aliphatic heterocycles. The SMILES string of the molecule is Cc1ccccc1C(=O)c1ccc(N2CCCC2CC#N)cc1. The average molecular weight is 304 g/mol. The molecule has 1 heterocycles. The molecule has 0 spiro atoms. The van der Waals surface area contributed by atoms with Crippen molar-refractivity contribution < 1.29 is 4.79 Å². The first-order valence-corrected chi connectivity index (χ1v) is 8.04. The van der Waals surface area contributed by atoms with E-state index in [-0.39, 0.29) is 5.78 Å². The van der Waals surface area contributed by atoms with Crippen molar-refractivity contribution in [3.05, 3.63) is 65.2 Å². The Labute approximate surface area is 137 Å². The van der Waals surface area contributed by atoms with E-state index >= 15 is 0 Å². The zero-order valence-corrected chi connectivity index (χ0v) is 13.3. The summed E-state index contributed by atoms with van der Waals surface area (Å²) in [5.74, 6) is 0.0599. The monoisotopic (exact) mass is 304 g/mol. The van der Waals surface area contributed by atoms with E-state index in [9.17, 15) is 4.79 Å². The number of carbonyl (C=O) groups is 1. The van der Waals surface area contributed by atoms with E-state index in [1.54, 1.807) is 0 Å². The number of hydrogen-bond acceptors (Lipinski definition) is 3. The van der Waals surface area contributed by atoms with Gasteiger partial charge in [0.2, 0.25) is 0 Å². The molecule has 0 bridgehead atoms. The smallest absolute Gasteiger partial charge is 0.193 e. The van der Waals surface area contributed by atoms with Gasteiger partial charge >= 0.3 is 0 Å². The van der Waals surface area contributed by atoms with Gasteiger partial charge in [-0.2, -0.15) is 5.26 Å². The van der Waals surface area contributed by atoms with Gasteiger partial charge in [0.1, 0.15) is 0 Å². The lowest BCUT2D eigenvalue weighted by Gasteiger charge is -2.25. The topological polar surface area (TPSA) is 44.1 Å². The fraction of sp³-hybridized carbons (Fsp3) is 0.300. The highest BCUT2D eigenvalue weighted by molar-refractivity contribution is 6.10. The van der Waals surface area contributed by atoms with E-state index in [0.29, 0.717) is 18.0 Å². The molecule has 0 aliphatic carbocycles. The van der Waals surface area contributed by atoms with Gasteiger partial charge in [0.15, 0.2) is 5.78 Å². The molecule has 116 valence electrons. The second-order valence-electron chi connectivity index (χ2n) is 6.04. The van der Waals surface area contributed by atoms with Crippen LogP contribution in [0.15, 0.2) is 48.5 Å². The molecule has 2 aromatic rings. The lowest BCUT2D eigenvalue weighted by molar-refractivity contribution is 0.103. The molecule has 1 unspecified atom stereocenters. The van der Waals surface area contributed by atoms with Crippen molar-refractivity contribution in [2.75, 3.05) is 11.4 Å². The molecule has 0 saturated carbocycles. The normalized spacial score (nSPS) is 17.0. The average Bonchev–Trinajstić information content (AvgIpc) is 3.03. The summed E-state index contributed by atoms with van der Waals surface area (Å²) >= 11 is 0. The maximum atomic E-state index is 12.6. The van der Waals surface area contributed by atoms with Crippen LogP contribution in [0.2, 0.25) is 0 Å². The molecule has 0 amide bonds. The van der Waals surface area contributed by atoms with Gasteiger partial charge < -0.3 is 4.90 Å². The minimum Gasteiger partial charge on any atom is -0.368 e. The number of ketones is 1. The fourth-order valence-electron chi connectivity index (χ4n) is 3.28. The van der Waals surface area contributed by atoms with Crippen molar-refractivity contribution in [3.8, 4) is 6.07 Å². The molecule has 1 aliphatic rings. The van der Waals surface area contributed by atoms with Gasteiger partial charge in [-0.15, -0.1) is 0 Å². The Balaban J connectivity index is 1.81. The van der Waals surface area contributed by atoms with Gasteiger partial charge in [-0.25, -0.2) is 0 Å². The molecular formula is C20H20N2O. The quantitative estimate of drug-likeness (QED) is 0.798. The van der Waals surface area contributed by atoms with Gasteiger partial charge in [-0.05, 0) is 49.6 Å². The van der Waals surface area contributed by atoms with Gasteiger partial charge in [-0.3, -0.25) is 4.79 Å². The molecule has 2 aromatic carbocycles. The van der Waals surface area contributed by atoms with Crippen LogP contribution in [0.5, 0.6) is 0 Å². The third kappa shape index (κ3) is 3.12. The number of rotatable bonds is 4. The Morgan fingerprint density at radius 1 is 1.22 bits per heavy atom. The highest BCUT2D eigenvalue weighted by atomic mass is 16.1. The number of anilines is 1. The summed E-state index contributed by atoms with van der Waals surface area (Å²) in [5, 5.41) is 8.94. The number of carbonyl (C=O) groups excluding carboxylic acids is 1. The van der Waals surface area contributed by atoms with Crippen molar-refractivity contribution in [3.63, 3.8) is 0 Å². The maximum Gasteiger partial charge on any atom is 0.193 e. The third-order valence-corrected chi connectivity index (χ3v) is 4.55. The fourth-order valence-corrected chi connectivity index (χ4v) is 3.28. The van der Waals surface area contributed by atoms with Crippen molar-refractivity contribution in [1.82, 2.24) is 0 Å². The molecule has 1 atom stereocenters. The van der Waals surface area contributed by atoms with Crippen LogP contribution in [-0.2, 0) is 0 Å². The number of nitrogens with zero attached hydrogens (tertiary/aromatic N) is 2. The molecule has 0 aromatic heterocycles. The van der Waals surface area contributed by atoms with Crippen molar-refractivity contribution >= 4 is 11.5 Å². The Morgan fingerprint density at radius 3 is 2.65 bits per heavy atom. The van der Waals surface area contributed by atoms with Crippen LogP contribution in [0, 0.1) is 18.3 Å². The Morgan fingerprint density at radius 2 is 1.96 bits per heavy atom. The molecule has 1 fully saturated rings. The molecule has 0 N–H and O–H groups in total. The van der Waals surface area contributed by atoms with Gasteiger partial charge in [-0.1, -0.05) is 24.3 Å². The van der Waals surface area contributed by atoms with Crippen molar-refractivity contribution in [2.24, 2.45) is 0 Å². The first kappa shape index (κ1) is 15.3. The highest BCUT2D eigenvalue weighted by Gasteiger charge is 2.24. The van der Waals surface area contributed by atoms with Crippen LogP contribution in [0.3, 0.4) is 0 Å². The highest BCUT2D eigenvalue weighted by Crippen LogP contribution is 2.27. The number of benzene rings is 2. The van der Waals surface area contributed by atoms with E-state index in [0.717, 1.165) is 36.2 Å². The maximum absolute atomic E-state index is 12.6. The van der Waals surface area contributed by atoms with Crippen LogP contribution in [0.1, 0.15) is 40.7 Å². The van der Waals surface area contributed by atoms with E-state index < -0.39 is 0 Å². The summed E-state index contributed by atoms with van der Waals surface area (Å²) in [5.41, 5.74) is 3.56. The van der Waals surface area contributed by atoms with Gasteiger partial charge in [0.25, 0.3) is 0 Å². The zero-order valence-electron chi connectivity index (χ0n) is 13.3. The molecule has 0 radical (unpaired) electrons. The van der Waals surface area contributed by atoms with Gasteiger partial charge in [0.05, 0.1) is 12.5 Å². The van der Waals surface area contributed by atoms with E-state index in [2.05, 4.69) is 11.0 Å². The molecule has 3 nitrogen and oxygen atoms in total. The van der Waals surface area contributed by atoms with Crippen LogP contribution in [0.25, 0.3) is 0 Å². The van der Waals surface area contributed by atoms with Crippen LogP contribution >= 0.6 is 0 Å². The Hall–Kier alpha value is -2.60. The van der Waals surface area contributed by atoms with E-state index in [1.807, 2.05) is 55.5 Å². The Bertz CT molecular complexity index is 743. The minimum absolute atomic E-state index is 0.0599. The zero-order chi connectivity index (χ0) is 16.2. The standard InChI is InChI=1S/C20H20N2O/c1-15-5-2-3-7-19(15)20(23)16-8-10-18(11-9-16)22-14-4-6-17(22)12-13-21/h2-3,5,7-11,17H,4,6,12,14H2,1H3. The summed E-state index contributed by atoms with van der Waals surface area (Å²) in [4.78, 5) is 14.9. The van der Waals surface area contributed by atoms with E-state index in [1.165, 1.54) is 0 Å². The van der Waals surface area contributed by atoms with Gasteiger partial charge in [0, 0.05) is 29.4 Å². The molecule has 3 rings (SSSR count). The van der Waals surface area contributed by atoms with Crippen LogP contribution < -0.4 is 4.90 Å². The predicted octanol–water partition coefficient (Wildman–Crippen LogP) is 4.11. The largest absolute Gasteiger partial charge is 0.368 e. The molecule has 3 heteroatoms. The lowest BCUT2D eigenvalue weighted by Crippen LogP contribution is -2.28. The van der Waals surface area contributed by atoms with Crippen molar-refractivity contribution in [1.29, 1.82) is 5.26 Å². The van der Waals surface area contributed by atoms with E-state index in [4.69, 9.17) is 5.26 Å². The first-order chi connectivity index (χ1) is 11.2. The van der Waals surface area contributed by atoms with Crippen LogP contribution in [-0.4, -0.2) is 18.4 Å². The summed E-state index contributed by atoms with van der Waals surface area (Å²) in [6.45, 7) is 2.94. The molecule has 1 saturated heterocycles. The summed E-state index contributed by atoms with van der Waals surface area (Å²) in [6, 6.07) is 18.0. The molecule has 23 heavy (non-hydrogen) atoms. The second-order valence-corrected chi connectivity index (χ2v) is 6.04. The van der Waals surface area contributed by atoms with Crippen molar-refractivity contribution in [2.45, 2.75) is 32.2 Å². The number of hydrogen-bond donors (Lipinski definition) is 0. The summed E-state index contributed by atoms with van der Waals surface area (Å²) in [6.07, 6.45) is 2.75. The molecular weight excluding hydrogens is 284 g/mol. The Kier molecular flexibility index (Phi) is 4.43. The van der Waals surface area contributed by atoms with Crippen LogP contribution in [0.4, 0.5) is 5.69 Å². The first-order valence-electron chi connectivity index (χ1n) is 8.04. The minimum atomic E-state index is 0.0599. The third-order valence-electron chi connectivity index (χ3n) is 4.55.